The van der Waals surface area contributed by atoms with Gasteiger partial charge in [0.2, 0.25) is 5.91 Å². The van der Waals surface area contributed by atoms with Crippen LogP contribution >= 0.6 is 0 Å². The number of carbonyl (C=O) groups is 2. The van der Waals surface area contributed by atoms with Crippen molar-refractivity contribution in [1.29, 1.82) is 0 Å². The fourth-order valence-corrected chi connectivity index (χ4v) is 4.14. The largest absolute Gasteiger partial charge is 0.338 e. The number of hydrogen-bond donors (Lipinski definition) is 0. The SMILES string of the molecule is Cc1ccccc1N1CC2(CCN(C(=O)c3ccc(F)cc3)C2)CC1=O. The van der Waals surface area contributed by atoms with Crippen LogP contribution in [-0.2, 0) is 4.79 Å². The van der Waals surface area contributed by atoms with Gasteiger partial charge in [0.25, 0.3) is 5.91 Å². The maximum absolute atomic E-state index is 13.1. The Bertz CT molecular complexity index is 865. The topological polar surface area (TPSA) is 40.6 Å². The Hall–Kier alpha value is -2.69. The standard InChI is InChI=1S/C21H21FN2O2/c1-15-4-2-3-5-18(15)24-14-21(12-19(24)25)10-11-23(13-21)20(26)16-6-8-17(22)9-7-16/h2-9H,10-14H2,1H3. The molecule has 26 heavy (non-hydrogen) atoms. The number of carbonyl (C=O) groups excluding carboxylic acids is 2. The van der Waals surface area contributed by atoms with Crippen molar-refractivity contribution in [2.75, 3.05) is 24.5 Å². The van der Waals surface area contributed by atoms with Crippen molar-refractivity contribution in [2.45, 2.75) is 19.8 Å². The Morgan fingerprint density at radius 1 is 1.08 bits per heavy atom. The molecule has 1 spiro atoms. The number of amides is 2. The highest BCUT2D eigenvalue weighted by Crippen LogP contribution is 2.42. The first-order chi connectivity index (χ1) is 12.5. The summed E-state index contributed by atoms with van der Waals surface area (Å²) in [6.07, 6.45) is 1.28. The van der Waals surface area contributed by atoms with E-state index in [0.717, 1.165) is 17.7 Å². The molecule has 0 N–H and O–H groups in total. The molecule has 1 atom stereocenters. The van der Waals surface area contributed by atoms with E-state index in [0.29, 0.717) is 31.6 Å². The predicted octanol–water partition coefficient (Wildman–Crippen LogP) is 3.40. The molecule has 0 bridgehead atoms. The molecule has 0 aromatic heterocycles. The molecule has 1 unspecified atom stereocenters. The fraction of sp³-hybridized carbons (Fsp3) is 0.333. The number of likely N-dealkylation sites (tertiary alicyclic amines) is 1. The highest BCUT2D eigenvalue weighted by molar-refractivity contribution is 5.98. The van der Waals surface area contributed by atoms with E-state index in [1.807, 2.05) is 36.1 Å². The zero-order valence-corrected chi connectivity index (χ0v) is 14.7. The van der Waals surface area contributed by atoms with E-state index < -0.39 is 0 Å². The third kappa shape index (κ3) is 2.87. The minimum Gasteiger partial charge on any atom is -0.338 e. The van der Waals surface area contributed by atoms with Gasteiger partial charge < -0.3 is 9.80 Å². The molecule has 2 aromatic rings. The lowest BCUT2D eigenvalue weighted by Crippen LogP contribution is -2.34. The second-order valence-electron chi connectivity index (χ2n) is 7.43. The first kappa shape index (κ1) is 16.8. The normalized spacial score (nSPS) is 22.5. The number of aryl methyl sites for hydroxylation is 1. The molecule has 2 aliphatic heterocycles. The van der Waals surface area contributed by atoms with E-state index >= 15 is 0 Å². The smallest absolute Gasteiger partial charge is 0.253 e. The van der Waals surface area contributed by atoms with Gasteiger partial charge in [0, 0.05) is 42.7 Å². The number of para-hydroxylation sites is 1. The van der Waals surface area contributed by atoms with Gasteiger partial charge in [-0.3, -0.25) is 9.59 Å². The molecule has 2 saturated heterocycles. The summed E-state index contributed by atoms with van der Waals surface area (Å²) in [5.74, 6) is -0.325. The van der Waals surface area contributed by atoms with Gasteiger partial charge in [-0.25, -0.2) is 4.39 Å². The average Bonchev–Trinajstić information content (AvgIpc) is 3.18. The zero-order chi connectivity index (χ0) is 18.3. The van der Waals surface area contributed by atoms with E-state index in [9.17, 15) is 14.0 Å². The van der Waals surface area contributed by atoms with Crippen molar-refractivity contribution in [1.82, 2.24) is 4.90 Å². The Morgan fingerprint density at radius 3 is 2.54 bits per heavy atom. The van der Waals surface area contributed by atoms with Crippen LogP contribution in [0.4, 0.5) is 10.1 Å². The summed E-state index contributed by atoms with van der Waals surface area (Å²) in [6.45, 7) is 3.85. The molecule has 2 amide bonds. The van der Waals surface area contributed by atoms with Crippen molar-refractivity contribution >= 4 is 17.5 Å². The lowest BCUT2D eigenvalue weighted by molar-refractivity contribution is -0.117. The monoisotopic (exact) mass is 352 g/mol. The molecule has 2 fully saturated rings. The van der Waals surface area contributed by atoms with Crippen molar-refractivity contribution < 1.29 is 14.0 Å². The number of benzene rings is 2. The minimum atomic E-state index is -0.352. The molecule has 2 heterocycles. The van der Waals surface area contributed by atoms with Gasteiger partial charge in [0.15, 0.2) is 0 Å². The van der Waals surface area contributed by atoms with Crippen molar-refractivity contribution in [2.24, 2.45) is 5.41 Å². The van der Waals surface area contributed by atoms with Gasteiger partial charge in [-0.2, -0.15) is 0 Å². The van der Waals surface area contributed by atoms with Gasteiger partial charge in [-0.1, -0.05) is 18.2 Å². The van der Waals surface area contributed by atoms with E-state index in [1.54, 1.807) is 4.90 Å². The van der Waals surface area contributed by atoms with E-state index in [-0.39, 0.29) is 23.0 Å². The second-order valence-corrected chi connectivity index (χ2v) is 7.43. The van der Waals surface area contributed by atoms with E-state index in [1.165, 1.54) is 24.3 Å². The zero-order valence-electron chi connectivity index (χ0n) is 14.7. The van der Waals surface area contributed by atoms with Crippen molar-refractivity contribution in [3.8, 4) is 0 Å². The average molecular weight is 352 g/mol. The molecule has 0 saturated carbocycles. The lowest BCUT2D eigenvalue weighted by Gasteiger charge is -2.25. The molecule has 134 valence electrons. The summed E-state index contributed by atoms with van der Waals surface area (Å²) < 4.78 is 13.1. The molecule has 4 nitrogen and oxygen atoms in total. The molecule has 2 aromatic carbocycles. The van der Waals surface area contributed by atoms with Crippen LogP contribution in [0.2, 0.25) is 0 Å². The summed E-state index contributed by atoms with van der Waals surface area (Å²) >= 11 is 0. The molecule has 0 radical (unpaired) electrons. The first-order valence-corrected chi connectivity index (χ1v) is 8.88. The molecular formula is C21H21FN2O2. The number of rotatable bonds is 2. The van der Waals surface area contributed by atoms with Crippen LogP contribution in [0.25, 0.3) is 0 Å². The van der Waals surface area contributed by atoms with Gasteiger partial charge in [0.1, 0.15) is 5.82 Å². The second kappa shape index (κ2) is 6.24. The van der Waals surface area contributed by atoms with Crippen LogP contribution < -0.4 is 4.90 Å². The van der Waals surface area contributed by atoms with Crippen LogP contribution in [-0.4, -0.2) is 36.3 Å². The Morgan fingerprint density at radius 2 is 1.81 bits per heavy atom. The molecule has 4 rings (SSSR count). The van der Waals surface area contributed by atoms with Gasteiger partial charge in [-0.05, 0) is 49.2 Å². The van der Waals surface area contributed by atoms with Gasteiger partial charge >= 0.3 is 0 Å². The van der Waals surface area contributed by atoms with E-state index in [2.05, 4.69) is 0 Å². The van der Waals surface area contributed by atoms with Crippen LogP contribution in [0, 0.1) is 18.2 Å². The fourth-order valence-electron chi connectivity index (χ4n) is 4.14. The first-order valence-electron chi connectivity index (χ1n) is 8.88. The molecule has 0 aliphatic carbocycles. The van der Waals surface area contributed by atoms with Crippen molar-refractivity contribution in [3.63, 3.8) is 0 Å². The van der Waals surface area contributed by atoms with Crippen LogP contribution in [0.5, 0.6) is 0 Å². The number of halogens is 1. The third-order valence-electron chi connectivity index (χ3n) is 5.54. The molecule has 5 heteroatoms. The summed E-state index contributed by atoms with van der Waals surface area (Å²) in [5, 5.41) is 0. The van der Waals surface area contributed by atoms with Gasteiger partial charge in [-0.15, -0.1) is 0 Å². The van der Waals surface area contributed by atoms with Crippen LogP contribution in [0.3, 0.4) is 0 Å². The Kier molecular flexibility index (Phi) is 4.02. The van der Waals surface area contributed by atoms with Crippen LogP contribution in [0.15, 0.2) is 48.5 Å². The maximum atomic E-state index is 13.1. The molecular weight excluding hydrogens is 331 g/mol. The predicted molar refractivity (Wildman–Crippen MR) is 97.5 cm³/mol. The summed E-state index contributed by atoms with van der Waals surface area (Å²) in [6, 6.07) is 13.5. The summed E-state index contributed by atoms with van der Waals surface area (Å²) in [7, 11) is 0. The summed E-state index contributed by atoms with van der Waals surface area (Å²) in [5.41, 5.74) is 2.34. The quantitative estimate of drug-likeness (QED) is 0.831. The molecule has 2 aliphatic rings. The highest BCUT2D eigenvalue weighted by Gasteiger charge is 2.49. The Labute approximate surface area is 152 Å². The number of nitrogens with zero attached hydrogens (tertiary/aromatic N) is 2. The lowest BCUT2D eigenvalue weighted by atomic mass is 9.86. The highest BCUT2D eigenvalue weighted by atomic mass is 19.1. The minimum absolute atomic E-state index is 0.0938. The van der Waals surface area contributed by atoms with Crippen molar-refractivity contribution in [3.05, 3.63) is 65.5 Å². The summed E-state index contributed by atoms with van der Waals surface area (Å²) in [4.78, 5) is 29.0. The third-order valence-corrected chi connectivity index (χ3v) is 5.54. The number of hydrogen-bond acceptors (Lipinski definition) is 2. The Balaban J connectivity index is 1.51. The van der Waals surface area contributed by atoms with Crippen LogP contribution in [0.1, 0.15) is 28.8 Å². The number of anilines is 1. The van der Waals surface area contributed by atoms with E-state index in [4.69, 9.17) is 0 Å². The van der Waals surface area contributed by atoms with Gasteiger partial charge in [0.05, 0.1) is 0 Å². The maximum Gasteiger partial charge on any atom is 0.253 e.